The molecule has 2 aromatic carbocycles. The van der Waals surface area contributed by atoms with Crippen molar-refractivity contribution < 1.29 is 5.32 Å². The Morgan fingerprint density at radius 3 is 2.23 bits per heavy atom. The van der Waals surface area contributed by atoms with E-state index in [-0.39, 0.29) is 0 Å². The lowest BCUT2D eigenvalue weighted by Gasteiger charge is -2.26. The van der Waals surface area contributed by atoms with Crippen LogP contribution >= 0.6 is 11.6 Å². The van der Waals surface area contributed by atoms with Gasteiger partial charge in [0.05, 0.1) is 6.04 Å². The molecule has 2 aromatic rings. The molecule has 2 saturated carbocycles. The fourth-order valence-electron chi connectivity index (χ4n) is 4.52. The van der Waals surface area contributed by atoms with Crippen molar-refractivity contribution in [3.8, 4) is 0 Å². The first-order valence-corrected chi connectivity index (χ1v) is 8.83. The van der Waals surface area contributed by atoms with E-state index in [1.54, 1.807) is 0 Å². The predicted molar refractivity (Wildman–Crippen MR) is 90.9 cm³/mol. The molecule has 0 aromatic heterocycles. The van der Waals surface area contributed by atoms with E-state index in [0.717, 1.165) is 22.9 Å². The summed E-state index contributed by atoms with van der Waals surface area (Å²) in [6, 6.07) is 20.5. The van der Waals surface area contributed by atoms with Gasteiger partial charge in [0.1, 0.15) is 6.04 Å². The molecule has 4 unspecified atom stereocenters. The highest BCUT2D eigenvalue weighted by molar-refractivity contribution is 6.30. The molecule has 2 aliphatic carbocycles. The minimum absolute atomic E-state index is 0.391. The molecule has 2 heteroatoms. The molecular weight excluding hydrogens is 290 g/mol. The van der Waals surface area contributed by atoms with Crippen molar-refractivity contribution in [1.82, 2.24) is 0 Å². The van der Waals surface area contributed by atoms with Crippen LogP contribution in [-0.4, -0.2) is 6.04 Å². The average molecular weight is 313 g/mol. The van der Waals surface area contributed by atoms with Crippen LogP contribution in [0.4, 0.5) is 0 Å². The zero-order valence-corrected chi connectivity index (χ0v) is 13.5. The molecule has 4 rings (SSSR count). The van der Waals surface area contributed by atoms with Crippen LogP contribution in [0.15, 0.2) is 54.6 Å². The lowest BCUT2D eigenvalue weighted by atomic mass is 9.92. The Bertz CT molecular complexity index is 622. The second kappa shape index (κ2) is 6.06. The van der Waals surface area contributed by atoms with Crippen molar-refractivity contribution >= 4 is 11.6 Å². The van der Waals surface area contributed by atoms with E-state index in [1.165, 1.54) is 36.8 Å². The van der Waals surface area contributed by atoms with E-state index in [2.05, 4.69) is 47.8 Å². The highest BCUT2D eigenvalue weighted by Gasteiger charge is 2.43. The number of benzene rings is 2. The Labute approximate surface area is 137 Å². The highest BCUT2D eigenvalue weighted by atomic mass is 35.5. The number of rotatable bonds is 4. The first-order valence-electron chi connectivity index (χ1n) is 8.45. The van der Waals surface area contributed by atoms with Crippen LogP contribution in [0.25, 0.3) is 0 Å². The molecule has 2 bridgehead atoms. The van der Waals surface area contributed by atoms with Gasteiger partial charge in [0.2, 0.25) is 0 Å². The van der Waals surface area contributed by atoms with Gasteiger partial charge in [-0.15, -0.1) is 0 Å². The molecule has 2 fully saturated rings. The van der Waals surface area contributed by atoms with Gasteiger partial charge >= 0.3 is 0 Å². The van der Waals surface area contributed by atoms with Gasteiger partial charge in [-0.1, -0.05) is 54.1 Å². The Balaban J connectivity index is 1.62. The van der Waals surface area contributed by atoms with Gasteiger partial charge in [-0.3, -0.25) is 0 Å². The third-order valence-electron chi connectivity index (χ3n) is 5.62. The van der Waals surface area contributed by atoms with Crippen molar-refractivity contribution in [2.75, 3.05) is 0 Å². The largest absolute Gasteiger partial charge is 0.334 e. The average Bonchev–Trinajstić information content (AvgIpc) is 3.17. The quantitative estimate of drug-likeness (QED) is 0.872. The van der Waals surface area contributed by atoms with Crippen molar-refractivity contribution in [1.29, 1.82) is 0 Å². The molecule has 2 aliphatic rings. The first kappa shape index (κ1) is 14.3. The summed E-state index contributed by atoms with van der Waals surface area (Å²) in [4.78, 5) is 0. The highest BCUT2D eigenvalue weighted by Crippen LogP contribution is 2.43. The Morgan fingerprint density at radius 1 is 0.864 bits per heavy atom. The molecule has 22 heavy (non-hydrogen) atoms. The van der Waals surface area contributed by atoms with Crippen molar-refractivity contribution in [3.63, 3.8) is 0 Å². The van der Waals surface area contributed by atoms with Crippen molar-refractivity contribution in [3.05, 3.63) is 70.7 Å². The summed E-state index contributed by atoms with van der Waals surface area (Å²) in [7, 11) is 0. The summed E-state index contributed by atoms with van der Waals surface area (Å²) in [5, 5.41) is 3.44. The van der Waals surface area contributed by atoms with E-state index in [9.17, 15) is 0 Å². The molecule has 2 N–H and O–H groups in total. The van der Waals surface area contributed by atoms with Crippen LogP contribution in [0.1, 0.15) is 42.9 Å². The maximum Gasteiger partial charge on any atom is 0.137 e. The second-order valence-corrected chi connectivity index (χ2v) is 7.41. The number of hydrogen-bond donors (Lipinski definition) is 1. The first-order chi connectivity index (χ1) is 10.8. The molecule has 0 heterocycles. The summed E-state index contributed by atoms with van der Waals surface area (Å²) < 4.78 is 0. The monoisotopic (exact) mass is 312 g/mol. The number of nitrogens with two attached hydrogens (primary N) is 1. The SMILES string of the molecule is Clc1ccc(C([NH2+]C2CC3CCC2C3)c2ccccc2)cc1. The summed E-state index contributed by atoms with van der Waals surface area (Å²) in [6.45, 7) is 0. The van der Waals surface area contributed by atoms with Gasteiger partial charge in [-0.2, -0.15) is 0 Å². The van der Waals surface area contributed by atoms with E-state index in [0.29, 0.717) is 6.04 Å². The summed E-state index contributed by atoms with van der Waals surface area (Å²) in [6.07, 6.45) is 5.77. The Kier molecular flexibility index (Phi) is 3.94. The molecule has 0 radical (unpaired) electrons. The van der Waals surface area contributed by atoms with Gasteiger partial charge in [-0.05, 0) is 37.3 Å². The van der Waals surface area contributed by atoms with Crippen LogP contribution in [0.5, 0.6) is 0 Å². The zero-order chi connectivity index (χ0) is 14.9. The van der Waals surface area contributed by atoms with E-state index < -0.39 is 0 Å². The fraction of sp³-hybridized carbons (Fsp3) is 0.400. The zero-order valence-electron chi connectivity index (χ0n) is 12.8. The molecule has 0 saturated heterocycles. The molecular formula is C20H23ClN+. The smallest absolute Gasteiger partial charge is 0.137 e. The van der Waals surface area contributed by atoms with Crippen LogP contribution < -0.4 is 5.32 Å². The number of halogens is 1. The molecule has 4 atom stereocenters. The molecule has 1 nitrogen and oxygen atoms in total. The molecule has 0 amide bonds. The van der Waals surface area contributed by atoms with Crippen LogP contribution in [-0.2, 0) is 0 Å². The Hall–Kier alpha value is -1.31. The lowest BCUT2D eigenvalue weighted by Crippen LogP contribution is -2.92. The summed E-state index contributed by atoms with van der Waals surface area (Å²) in [5.74, 6) is 1.93. The van der Waals surface area contributed by atoms with Gasteiger partial charge in [0.15, 0.2) is 0 Å². The summed E-state index contributed by atoms with van der Waals surface area (Å²) in [5.41, 5.74) is 2.76. The van der Waals surface area contributed by atoms with Gasteiger partial charge < -0.3 is 5.32 Å². The normalized spacial score (nSPS) is 28.0. The van der Waals surface area contributed by atoms with Gasteiger partial charge in [0.25, 0.3) is 0 Å². The maximum absolute atomic E-state index is 6.07. The van der Waals surface area contributed by atoms with E-state index >= 15 is 0 Å². The number of hydrogen-bond acceptors (Lipinski definition) is 0. The van der Waals surface area contributed by atoms with E-state index in [1.807, 2.05) is 12.1 Å². The number of quaternary nitrogens is 1. The van der Waals surface area contributed by atoms with Crippen molar-refractivity contribution in [2.45, 2.75) is 37.8 Å². The standard InChI is InChI=1S/C20H22ClN/c21-18-10-8-16(9-11-18)20(15-4-2-1-3-5-15)22-19-13-14-6-7-17(19)12-14/h1-5,8-11,14,17,19-20,22H,6-7,12-13H2/p+1. The second-order valence-electron chi connectivity index (χ2n) is 6.97. The molecule has 114 valence electrons. The van der Waals surface area contributed by atoms with Crippen LogP contribution in [0.3, 0.4) is 0 Å². The van der Waals surface area contributed by atoms with Crippen molar-refractivity contribution in [2.24, 2.45) is 11.8 Å². The third kappa shape index (κ3) is 2.80. The van der Waals surface area contributed by atoms with Crippen LogP contribution in [0.2, 0.25) is 5.02 Å². The Morgan fingerprint density at radius 2 is 1.59 bits per heavy atom. The third-order valence-corrected chi connectivity index (χ3v) is 5.87. The van der Waals surface area contributed by atoms with Gasteiger partial charge in [0, 0.05) is 28.5 Å². The minimum Gasteiger partial charge on any atom is -0.334 e. The molecule has 0 aliphatic heterocycles. The predicted octanol–water partition coefficient (Wildman–Crippen LogP) is 4.18. The minimum atomic E-state index is 0.391. The van der Waals surface area contributed by atoms with Gasteiger partial charge in [-0.25, -0.2) is 0 Å². The topological polar surface area (TPSA) is 16.6 Å². The number of fused-ring (bicyclic) bond motifs is 2. The lowest BCUT2D eigenvalue weighted by molar-refractivity contribution is -0.725. The fourth-order valence-corrected chi connectivity index (χ4v) is 4.65. The molecule has 0 spiro atoms. The van der Waals surface area contributed by atoms with Crippen LogP contribution in [0, 0.1) is 11.8 Å². The maximum atomic E-state index is 6.07. The van der Waals surface area contributed by atoms with E-state index in [4.69, 9.17) is 11.6 Å². The summed E-state index contributed by atoms with van der Waals surface area (Å²) >= 11 is 6.07.